The highest BCUT2D eigenvalue weighted by Crippen LogP contribution is 2.19. The molecule has 1 N–H and O–H groups in total. The molecule has 1 aromatic heterocycles. The van der Waals surface area contributed by atoms with Crippen LogP contribution in [0.1, 0.15) is 0 Å². The zero-order valence-electron chi connectivity index (χ0n) is 7.00. The molecule has 2 rings (SSSR count). The van der Waals surface area contributed by atoms with E-state index in [2.05, 4.69) is 36.8 Å². The minimum Gasteiger partial charge on any atom is -0.300 e. The molecule has 0 amide bonds. The Labute approximate surface area is 97.0 Å². The molecule has 0 aliphatic carbocycles. The minimum atomic E-state index is -0.163. The van der Waals surface area contributed by atoms with Crippen molar-refractivity contribution < 1.29 is 0 Å². The fourth-order valence-electron chi connectivity index (χ4n) is 1.19. The Balaban J connectivity index is 2.66. The maximum absolute atomic E-state index is 11.4. The summed E-state index contributed by atoms with van der Waals surface area (Å²) in [6, 6.07) is 7.54. The number of benzene rings is 1. The summed E-state index contributed by atoms with van der Waals surface area (Å²) in [7, 11) is 0. The van der Waals surface area contributed by atoms with Crippen molar-refractivity contribution in [2.75, 3.05) is 0 Å². The van der Waals surface area contributed by atoms with Gasteiger partial charge in [-0.25, -0.2) is 4.79 Å². The first kappa shape index (κ1) is 9.73. The standard InChI is InChI=1S/C9H6Br2N2O/c10-6-3-1-2-4-7(6)13-5-8(11)12-9(13)14/h1-5H,(H,12,14). The van der Waals surface area contributed by atoms with Gasteiger partial charge in [-0.3, -0.25) is 9.55 Å². The topological polar surface area (TPSA) is 37.8 Å². The molecule has 1 heterocycles. The van der Waals surface area contributed by atoms with Crippen molar-refractivity contribution in [1.29, 1.82) is 0 Å². The molecule has 0 atom stereocenters. The van der Waals surface area contributed by atoms with Crippen LogP contribution in [-0.2, 0) is 0 Å². The number of aromatic amines is 1. The minimum absolute atomic E-state index is 0.163. The maximum Gasteiger partial charge on any atom is 0.331 e. The van der Waals surface area contributed by atoms with E-state index in [0.29, 0.717) is 4.60 Å². The van der Waals surface area contributed by atoms with Crippen LogP contribution < -0.4 is 5.69 Å². The molecule has 3 nitrogen and oxygen atoms in total. The third-order valence-corrected chi connectivity index (χ3v) is 2.87. The second-order valence-corrected chi connectivity index (χ2v) is 4.44. The summed E-state index contributed by atoms with van der Waals surface area (Å²) >= 11 is 6.60. The summed E-state index contributed by atoms with van der Waals surface area (Å²) in [6.07, 6.45) is 1.70. The molecule has 72 valence electrons. The van der Waals surface area contributed by atoms with Gasteiger partial charge in [0.1, 0.15) is 4.60 Å². The van der Waals surface area contributed by atoms with Gasteiger partial charge in [0.15, 0.2) is 0 Å². The molecule has 0 spiro atoms. The molecular formula is C9H6Br2N2O. The lowest BCUT2D eigenvalue weighted by atomic mass is 10.3. The van der Waals surface area contributed by atoms with Crippen LogP contribution in [0.2, 0.25) is 0 Å². The molecule has 1 aromatic carbocycles. The Morgan fingerprint density at radius 2 is 1.93 bits per heavy atom. The predicted molar refractivity (Wildman–Crippen MR) is 61.8 cm³/mol. The fourth-order valence-corrected chi connectivity index (χ4v) is 2.04. The maximum atomic E-state index is 11.4. The smallest absolute Gasteiger partial charge is 0.300 e. The molecule has 0 saturated carbocycles. The third kappa shape index (κ3) is 1.69. The summed E-state index contributed by atoms with van der Waals surface area (Å²) in [5, 5.41) is 0. The van der Waals surface area contributed by atoms with E-state index >= 15 is 0 Å². The highest BCUT2D eigenvalue weighted by molar-refractivity contribution is 9.10. The first-order valence-corrected chi connectivity index (χ1v) is 5.49. The van der Waals surface area contributed by atoms with Crippen molar-refractivity contribution in [3.05, 3.63) is 50.0 Å². The predicted octanol–water partition coefficient (Wildman–Crippen LogP) is 2.69. The van der Waals surface area contributed by atoms with Crippen LogP contribution in [0.3, 0.4) is 0 Å². The first-order valence-electron chi connectivity index (χ1n) is 3.90. The van der Waals surface area contributed by atoms with Gasteiger partial charge >= 0.3 is 5.69 Å². The van der Waals surface area contributed by atoms with Gasteiger partial charge in [0.2, 0.25) is 0 Å². The van der Waals surface area contributed by atoms with Gasteiger partial charge in [-0.2, -0.15) is 0 Å². The third-order valence-electron chi connectivity index (χ3n) is 1.80. The van der Waals surface area contributed by atoms with Crippen molar-refractivity contribution in [3.8, 4) is 5.69 Å². The van der Waals surface area contributed by atoms with Crippen molar-refractivity contribution in [1.82, 2.24) is 9.55 Å². The Hall–Kier alpha value is -0.810. The average Bonchev–Trinajstić information content (AvgIpc) is 2.46. The van der Waals surface area contributed by atoms with Crippen LogP contribution in [0.4, 0.5) is 0 Å². The summed E-state index contributed by atoms with van der Waals surface area (Å²) in [5.41, 5.74) is 0.656. The number of nitrogens with one attached hydrogen (secondary N) is 1. The van der Waals surface area contributed by atoms with E-state index in [9.17, 15) is 4.79 Å². The second-order valence-electron chi connectivity index (χ2n) is 2.73. The zero-order valence-corrected chi connectivity index (χ0v) is 10.2. The number of halogens is 2. The van der Waals surface area contributed by atoms with Gasteiger partial charge in [0.25, 0.3) is 0 Å². The Kier molecular flexibility index (Phi) is 2.60. The van der Waals surface area contributed by atoms with Gasteiger partial charge in [-0.15, -0.1) is 0 Å². The summed E-state index contributed by atoms with van der Waals surface area (Å²) < 4.78 is 3.08. The van der Waals surface area contributed by atoms with Crippen LogP contribution in [0, 0.1) is 0 Å². The van der Waals surface area contributed by atoms with E-state index in [1.165, 1.54) is 4.57 Å². The lowest BCUT2D eigenvalue weighted by Crippen LogP contribution is -2.14. The van der Waals surface area contributed by atoms with Crippen molar-refractivity contribution in [2.45, 2.75) is 0 Å². The number of para-hydroxylation sites is 1. The number of imidazole rings is 1. The van der Waals surface area contributed by atoms with Gasteiger partial charge in [0.05, 0.1) is 5.69 Å². The molecular weight excluding hydrogens is 312 g/mol. The summed E-state index contributed by atoms with van der Waals surface area (Å²) in [5.74, 6) is 0. The van der Waals surface area contributed by atoms with Crippen LogP contribution in [0.5, 0.6) is 0 Å². The zero-order chi connectivity index (χ0) is 10.1. The largest absolute Gasteiger partial charge is 0.331 e. The number of aromatic nitrogens is 2. The number of rotatable bonds is 1. The molecule has 0 saturated heterocycles. The van der Waals surface area contributed by atoms with E-state index in [4.69, 9.17) is 0 Å². The lowest BCUT2D eigenvalue weighted by Gasteiger charge is -2.02. The highest BCUT2D eigenvalue weighted by Gasteiger charge is 2.05. The Bertz CT molecular complexity index is 516. The average molecular weight is 318 g/mol. The van der Waals surface area contributed by atoms with E-state index in [-0.39, 0.29) is 5.69 Å². The lowest BCUT2D eigenvalue weighted by molar-refractivity contribution is 0.981. The quantitative estimate of drug-likeness (QED) is 0.862. The molecule has 5 heteroatoms. The van der Waals surface area contributed by atoms with E-state index in [1.54, 1.807) is 6.20 Å². The highest BCUT2D eigenvalue weighted by atomic mass is 79.9. The van der Waals surface area contributed by atoms with Crippen molar-refractivity contribution in [2.24, 2.45) is 0 Å². The molecule has 0 fully saturated rings. The SMILES string of the molecule is O=c1[nH]c(Br)cn1-c1ccccc1Br. The van der Waals surface area contributed by atoms with Crippen LogP contribution in [0.25, 0.3) is 5.69 Å². The van der Waals surface area contributed by atoms with E-state index < -0.39 is 0 Å². The van der Waals surface area contributed by atoms with Gasteiger partial charge in [0, 0.05) is 10.7 Å². The number of hydrogen-bond donors (Lipinski definition) is 1. The fraction of sp³-hybridized carbons (Fsp3) is 0. The molecule has 0 aliphatic heterocycles. The molecule has 0 bridgehead atoms. The number of H-pyrrole nitrogens is 1. The van der Waals surface area contributed by atoms with Gasteiger partial charge in [-0.1, -0.05) is 12.1 Å². The first-order chi connectivity index (χ1) is 6.68. The Morgan fingerprint density at radius 1 is 1.21 bits per heavy atom. The molecule has 0 radical (unpaired) electrons. The summed E-state index contributed by atoms with van der Waals surface area (Å²) in [4.78, 5) is 14.1. The molecule has 0 unspecified atom stereocenters. The van der Waals surface area contributed by atoms with Crippen molar-refractivity contribution >= 4 is 31.9 Å². The number of hydrogen-bond acceptors (Lipinski definition) is 1. The van der Waals surface area contributed by atoms with Crippen LogP contribution >= 0.6 is 31.9 Å². The second kappa shape index (κ2) is 3.74. The number of nitrogens with zero attached hydrogens (tertiary/aromatic N) is 1. The van der Waals surface area contributed by atoms with Gasteiger partial charge < -0.3 is 0 Å². The Morgan fingerprint density at radius 3 is 2.50 bits per heavy atom. The van der Waals surface area contributed by atoms with Crippen LogP contribution in [-0.4, -0.2) is 9.55 Å². The van der Waals surface area contributed by atoms with Crippen LogP contribution in [0.15, 0.2) is 44.3 Å². The van der Waals surface area contributed by atoms with E-state index in [1.807, 2.05) is 24.3 Å². The van der Waals surface area contributed by atoms with Crippen molar-refractivity contribution in [3.63, 3.8) is 0 Å². The molecule has 14 heavy (non-hydrogen) atoms. The normalized spacial score (nSPS) is 10.4. The monoisotopic (exact) mass is 316 g/mol. The molecule has 2 aromatic rings. The van der Waals surface area contributed by atoms with E-state index in [0.717, 1.165) is 10.2 Å². The van der Waals surface area contributed by atoms with Gasteiger partial charge in [-0.05, 0) is 44.0 Å². The summed E-state index contributed by atoms with van der Waals surface area (Å²) in [6.45, 7) is 0. The molecule has 0 aliphatic rings.